The van der Waals surface area contributed by atoms with E-state index in [-0.39, 0.29) is 23.8 Å². The fourth-order valence-corrected chi connectivity index (χ4v) is 3.30. The Kier molecular flexibility index (Phi) is 4.58. The van der Waals surface area contributed by atoms with Gasteiger partial charge in [-0.05, 0) is 37.0 Å². The predicted octanol–water partition coefficient (Wildman–Crippen LogP) is 4.33. The lowest BCUT2D eigenvalue weighted by molar-refractivity contribution is -0.123. The molecular weight excluding hydrogens is 310 g/mol. The van der Waals surface area contributed by atoms with Crippen molar-refractivity contribution >= 4 is 17.5 Å². The average molecular weight is 330 g/mol. The lowest BCUT2D eigenvalue weighted by Crippen LogP contribution is -2.28. The third-order valence-corrected chi connectivity index (χ3v) is 4.74. The molecule has 3 rings (SSSR count). The van der Waals surface area contributed by atoms with Gasteiger partial charge in [-0.1, -0.05) is 48.0 Å². The van der Waals surface area contributed by atoms with Crippen molar-refractivity contribution in [1.29, 1.82) is 0 Å². The molecule has 0 aliphatic heterocycles. The first-order chi connectivity index (χ1) is 11.1. The topological polar surface area (TPSA) is 38.3 Å². The molecule has 0 radical (unpaired) electrons. The van der Waals surface area contributed by atoms with Crippen LogP contribution in [0, 0.1) is 5.92 Å². The third-order valence-electron chi connectivity index (χ3n) is 4.40. The average Bonchev–Trinajstić information content (AvgIpc) is 3.35. The zero-order chi connectivity index (χ0) is 16.4. The molecule has 4 heteroatoms. The first-order valence-electron chi connectivity index (χ1n) is 7.79. The van der Waals surface area contributed by atoms with E-state index in [0.717, 1.165) is 28.3 Å². The minimum absolute atomic E-state index is 0.00653. The number of para-hydroxylation sites is 1. The van der Waals surface area contributed by atoms with Crippen LogP contribution in [-0.2, 0) is 4.79 Å². The van der Waals surface area contributed by atoms with E-state index in [1.807, 2.05) is 55.5 Å². The number of benzene rings is 2. The maximum absolute atomic E-state index is 12.5. The molecule has 1 aliphatic carbocycles. The maximum atomic E-state index is 12.5. The summed E-state index contributed by atoms with van der Waals surface area (Å²) in [5.74, 6) is 1.10. The number of ether oxygens (including phenoxy) is 1. The number of methoxy groups -OCH3 is 1. The summed E-state index contributed by atoms with van der Waals surface area (Å²) < 4.78 is 5.36. The fourth-order valence-electron chi connectivity index (χ4n) is 3.03. The first-order valence-corrected chi connectivity index (χ1v) is 8.17. The second-order valence-corrected chi connectivity index (χ2v) is 6.35. The van der Waals surface area contributed by atoms with Crippen LogP contribution in [0.2, 0.25) is 5.02 Å². The summed E-state index contributed by atoms with van der Waals surface area (Å²) in [5, 5.41) is 3.83. The molecule has 1 amide bonds. The van der Waals surface area contributed by atoms with Gasteiger partial charge in [0, 0.05) is 16.5 Å². The van der Waals surface area contributed by atoms with Crippen LogP contribution in [0.3, 0.4) is 0 Å². The van der Waals surface area contributed by atoms with Gasteiger partial charge in [0.05, 0.1) is 13.2 Å². The molecule has 120 valence electrons. The van der Waals surface area contributed by atoms with Crippen LogP contribution in [0.1, 0.15) is 36.4 Å². The number of amides is 1. The zero-order valence-corrected chi connectivity index (χ0v) is 14.0. The molecule has 3 unspecified atom stereocenters. The van der Waals surface area contributed by atoms with Crippen LogP contribution in [0.5, 0.6) is 5.75 Å². The Bertz CT molecular complexity index is 716. The molecular formula is C19H20ClNO2. The van der Waals surface area contributed by atoms with Crippen molar-refractivity contribution in [1.82, 2.24) is 5.32 Å². The van der Waals surface area contributed by atoms with Gasteiger partial charge in [0.1, 0.15) is 5.75 Å². The summed E-state index contributed by atoms with van der Waals surface area (Å²) in [5.41, 5.74) is 2.05. The standard InChI is InChI=1S/C19H20ClNO2/c1-12(13-7-4-6-10-18(13)23-2)21-19(22)16-11-15(16)14-8-3-5-9-17(14)20/h3-10,12,15-16H,11H2,1-2H3,(H,21,22). The van der Waals surface area contributed by atoms with Crippen LogP contribution in [0.25, 0.3) is 0 Å². The summed E-state index contributed by atoms with van der Waals surface area (Å²) in [7, 11) is 1.64. The Balaban J connectivity index is 1.66. The molecule has 0 aromatic heterocycles. The highest BCUT2D eigenvalue weighted by Crippen LogP contribution is 2.49. The molecule has 2 aromatic carbocycles. The van der Waals surface area contributed by atoms with Crippen LogP contribution >= 0.6 is 11.6 Å². The van der Waals surface area contributed by atoms with Crippen molar-refractivity contribution in [3.8, 4) is 5.75 Å². The number of carbonyl (C=O) groups excluding carboxylic acids is 1. The van der Waals surface area contributed by atoms with Gasteiger partial charge in [0.25, 0.3) is 0 Å². The Morgan fingerprint density at radius 1 is 1.22 bits per heavy atom. The molecule has 2 aromatic rings. The number of nitrogens with one attached hydrogen (secondary N) is 1. The zero-order valence-electron chi connectivity index (χ0n) is 13.3. The van der Waals surface area contributed by atoms with Gasteiger partial charge >= 0.3 is 0 Å². The highest BCUT2D eigenvalue weighted by molar-refractivity contribution is 6.31. The van der Waals surface area contributed by atoms with E-state index in [2.05, 4.69) is 5.32 Å². The quantitative estimate of drug-likeness (QED) is 0.886. The van der Waals surface area contributed by atoms with Gasteiger partial charge in [-0.3, -0.25) is 4.79 Å². The Labute approximate surface area is 141 Å². The SMILES string of the molecule is COc1ccccc1C(C)NC(=O)C1CC1c1ccccc1Cl. The number of hydrogen-bond donors (Lipinski definition) is 1. The minimum Gasteiger partial charge on any atom is -0.496 e. The molecule has 3 nitrogen and oxygen atoms in total. The van der Waals surface area contributed by atoms with Crippen molar-refractivity contribution in [2.45, 2.75) is 25.3 Å². The third kappa shape index (κ3) is 3.35. The first kappa shape index (κ1) is 15.9. The van der Waals surface area contributed by atoms with E-state index in [1.54, 1.807) is 7.11 Å². The van der Waals surface area contributed by atoms with E-state index in [9.17, 15) is 4.79 Å². The highest BCUT2D eigenvalue weighted by atomic mass is 35.5. The monoisotopic (exact) mass is 329 g/mol. The van der Waals surface area contributed by atoms with E-state index >= 15 is 0 Å². The number of carbonyl (C=O) groups is 1. The summed E-state index contributed by atoms with van der Waals surface area (Å²) in [4.78, 5) is 12.5. The summed E-state index contributed by atoms with van der Waals surface area (Å²) >= 11 is 6.22. The van der Waals surface area contributed by atoms with Gasteiger partial charge in [-0.2, -0.15) is 0 Å². The molecule has 1 fully saturated rings. The lowest BCUT2D eigenvalue weighted by atomic mass is 10.1. The molecule has 1 saturated carbocycles. The van der Waals surface area contributed by atoms with Gasteiger partial charge in [-0.15, -0.1) is 0 Å². The van der Waals surface area contributed by atoms with Gasteiger partial charge in [-0.25, -0.2) is 0 Å². The molecule has 0 saturated heterocycles. The minimum atomic E-state index is -0.0915. The second kappa shape index (κ2) is 6.63. The van der Waals surface area contributed by atoms with Crippen molar-refractivity contribution in [3.63, 3.8) is 0 Å². The molecule has 23 heavy (non-hydrogen) atoms. The summed E-state index contributed by atoms with van der Waals surface area (Å²) in [6.07, 6.45) is 0.855. The Morgan fingerprint density at radius 2 is 1.91 bits per heavy atom. The summed E-state index contributed by atoms with van der Waals surface area (Å²) in [6.45, 7) is 1.97. The molecule has 0 heterocycles. The van der Waals surface area contributed by atoms with Gasteiger partial charge in [0.15, 0.2) is 0 Å². The van der Waals surface area contributed by atoms with Crippen LogP contribution in [0.4, 0.5) is 0 Å². The number of halogens is 1. The normalized spacial score (nSPS) is 20.7. The molecule has 1 N–H and O–H groups in total. The maximum Gasteiger partial charge on any atom is 0.224 e. The molecule has 3 atom stereocenters. The van der Waals surface area contributed by atoms with Crippen molar-refractivity contribution in [2.24, 2.45) is 5.92 Å². The lowest BCUT2D eigenvalue weighted by Gasteiger charge is -2.17. The van der Waals surface area contributed by atoms with Crippen LogP contribution in [0.15, 0.2) is 48.5 Å². The van der Waals surface area contributed by atoms with Crippen molar-refractivity contribution in [2.75, 3.05) is 7.11 Å². The van der Waals surface area contributed by atoms with Gasteiger partial charge < -0.3 is 10.1 Å². The van der Waals surface area contributed by atoms with Crippen molar-refractivity contribution in [3.05, 3.63) is 64.7 Å². The van der Waals surface area contributed by atoms with E-state index in [4.69, 9.17) is 16.3 Å². The number of rotatable bonds is 5. The van der Waals surface area contributed by atoms with E-state index < -0.39 is 0 Å². The molecule has 0 bridgehead atoms. The molecule has 0 spiro atoms. The Hall–Kier alpha value is -2.00. The van der Waals surface area contributed by atoms with Gasteiger partial charge in [0.2, 0.25) is 5.91 Å². The second-order valence-electron chi connectivity index (χ2n) is 5.94. The van der Waals surface area contributed by atoms with E-state index in [0.29, 0.717) is 0 Å². The van der Waals surface area contributed by atoms with E-state index in [1.165, 1.54) is 0 Å². The smallest absolute Gasteiger partial charge is 0.224 e. The van der Waals surface area contributed by atoms with Crippen LogP contribution < -0.4 is 10.1 Å². The highest BCUT2D eigenvalue weighted by Gasteiger charge is 2.45. The van der Waals surface area contributed by atoms with Crippen LogP contribution in [-0.4, -0.2) is 13.0 Å². The largest absolute Gasteiger partial charge is 0.496 e. The summed E-state index contributed by atoms with van der Waals surface area (Å²) in [6, 6.07) is 15.4. The predicted molar refractivity (Wildman–Crippen MR) is 91.9 cm³/mol. The fraction of sp³-hybridized carbons (Fsp3) is 0.316. The number of hydrogen-bond acceptors (Lipinski definition) is 2. The molecule has 1 aliphatic rings. The van der Waals surface area contributed by atoms with Crippen molar-refractivity contribution < 1.29 is 9.53 Å². The Morgan fingerprint density at radius 3 is 2.65 bits per heavy atom.